The second kappa shape index (κ2) is 7.20. The minimum Gasteiger partial charge on any atom is -0.507 e. The largest absolute Gasteiger partial charge is 0.507 e. The van der Waals surface area contributed by atoms with E-state index in [-0.39, 0.29) is 39.1 Å². The lowest BCUT2D eigenvalue weighted by molar-refractivity contribution is 0.0867. The highest BCUT2D eigenvalue weighted by molar-refractivity contribution is 6.32. The first-order valence-corrected chi connectivity index (χ1v) is 11.2. The highest BCUT2D eigenvalue weighted by atomic mass is 16.7. The summed E-state index contributed by atoms with van der Waals surface area (Å²) in [6.45, 7) is 0.913. The van der Waals surface area contributed by atoms with Crippen molar-refractivity contribution < 1.29 is 39.9 Å². The maximum atomic E-state index is 13.8. The molecule has 9 nitrogen and oxygen atoms in total. The number of hydrogen-bond donors (Lipinski definition) is 6. The summed E-state index contributed by atoms with van der Waals surface area (Å²) in [7, 11) is 0. The van der Waals surface area contributed by atoms with Crippen LogP contribution in [0.1, 0.15) is 49.9 Å². The van der Waals surface area contributed by atoms with Crippen molar-refractivity contribution in [3.8, 4) is 35.2 Å². The van der Waals surface area contributed by atoms with E-state index in [1.807, 2.05) is 0 Å². The van der Waals surface area contributed by atoms with Crippen LogP contribution in [0, 0.1) is 23.7 Å². The molecule has 1 saturated heterocycles. The summed E-state index contributed by atoms with van der Waals surface area (Å²) in [5.74, 6) is 8.51. The summed E-state index contributed by atoms with van der Waals surface area (Å²) in [6.07, 6.45) is 0.262. The van der Waals surface area contributed by atoms with Gasteiger partial charge in [-0.3, -0.25) is 9.59 Å². The Morgan fingerprint density at radius 1 is 1.08 bits per heavy atom. The Hall–Kier alpha value is -4.12. The van der Waals surface area contributed by atoms with Gasteiger partial charge < -0.3 is 35.6 Å². The van der Waals surface area contributed by atoms with Crippen LogP contribution in [0.4, 0.5) is 5.69 Å². The highest BCUT2D eigenvalue weighted by Gasteiger charge is 2.82. The molecule has 0 spiro atoms. The van der Waals surface area contributed by atoms with Gasteiger partial charge in [-0.05, 0) is 31.2 Å². The maximum absolute atomic E-state index is 13.8. The Labute approximate surface area is 204 Å². The van der Waals surface area contributed by atoms with Gasteiger partial charge in [-0.25, -0.2) is 0 Å². The molecule has 5 atom stereocenters. The quantitative estimate of drug-likeness (QED) is 0.172. The Kier molecular flexibility index (Phi) is 4.47. The van der Waals surface area contributed by atoms with Crippen molar-refractivity contribution in [1.82, 2.24) is 0 Å². The number of ketones is 2. The fourth-order valence-corrected chi connectivity index (χ4v) is 5.68. The smallest absolute Gasteiger partial charge is 0.200 e. The number of fused-ring (bicyclic) bond motifs is 4. The van der Waals surface area contributed by atoms with E-state index in [2.05, 4.69) is 29.0 Å². The molecule has 0 radical (unpaired) electrons. The average Bonchev–Trinajstić information content (AvgIpc) is 3.58. The third-order valence-electron chi connectivity index (χ3n) is 7.35. The monoisotopic (exact) mass is 485 g/mol. The molecule has 2 heterocycles. The summed E-state index contributed by atoms with van der Waals surface area (Å²) < 4.78 is 6.10. The lowest BCUT2D eigenvalue weighted by Gasteiger charge is -2.37. The number of anilines is 1. The summed E-state index contributed by atoms with van der Waals surface area (Å²) in [6, 6.07) is 2.92. The lowest BCUT2D eigenvalue weighted by Crippen LogP contribution is -2.54. The molecule has 2 aliphatic heterocycles. The van der Waals surface area contributed by atoms with Crippen LogP contribution in [0.25, 0.3) is 0 Å². The van der Waals surface area contributed by atoms with Gasteiger partial charge in [-0.1, -0.05) is 29.7 Å². The Morgan fingerprint density at radius 2 is 1.81 bits per heavy atom. The van der Waals surface area contributed by atoms with Gasteiger partial charge in [0.05, 0.1) is 35.1 Å². The predicted molar refractivity (Wildman–Crippen MR) is 124 cm³/mol. The van der Waals surface area contributed by atoms with Crippen molar-refractivity contribution in [2.45, 2.75) is 43.0 Å². The van der Waals surface area contributed by atoms with Crippen LogP contribution in [0.5, 0.6) is 11.5 Å². The number of allylic oxidation sites excluding steroid dienone is 2. The number of nitrogens with one attached hydrogen (secondary N) is 1. The molecule has 1 fully saturated rings. The van der Waals surface area contributed by atoms with E-state index in [1.165, 1.54) is 37.3 Å². The number of benzene rings is 2. The van der Waals surface area contributed by atoms with E-state index in [0.717, 1.165) is 0 Å². The molecule has 36 heavy (non-hydrogen) atoms. The van der Waals surface area contributed by atoms with E-state index in [9.17, 15) is 35.1 Å². The Morgan fingerprint density at radius 3 is 2.50 bits per heavy atom. The van der Waals surface area contributed by atoms with Crippen molar-refractivity contribution in [2.75, 3.05) is 5.32 Å². The molecular weight excluding hydrogens is 466 g/mol. The van der Waals surface area contributed by atoms with Crippen LogP contribution in [0.15, 0.2) is 30.4 Å². The van der Waals surface area contributed by atoms with Crippen molar-refractivity contribution in [2.24, 2.45) is 0 Å². The fraction of sp³-hybridized carbons (Fsp3) is 0.259. The number of carbonyl (C=O) groups excluding carboxylic acids is 2. The van der Waals surface area contributed by atoms with E-state index in [0.29, 0.717) is 0 Å². The van der Waals surface area contributed by atoms with Gasteiger partial charge >= 0.3 is 0 Å². The molecule has 0 amide bonds. The Balaban J connectivity index is 1.68. The van der Waals surface area contributed by atoms with Gasteiger partial charge in [0.1, 0.15) is 17.5 Å². The van der Waals surface area contributed by atoms with Gasteiger partial charge in [0, 0.05) is 16.7 Å². The van der Waals surface area contributed by atoms with E-state index in [4.69, 9.17) is 4.74 Å². The normalized spacial score (nSPS) is 30.0. The molecule has 0 aromatic heterocycles. The number of carbonyl (C=O) groups is 2. The van der Waals surface area contributed by atoms with Gasteiger partial charge in [-0.15, -0.1) is 0 Å². The summed E-state index contributed by atoms with van der Waals surface area (Å²) in [5.41, 5.74) is -3.85. The minimum absolute atomic E-state index is 0.0545. The first-order valence-electron chi connectivity index (χ1n) is 11.2. The van der Waals surface area contributed by atoms with Crippen molar-refractivity contribution in [3.63, 3.8) is 0 Å². The molecule has 6 rings (SSSR count). The molecule has 2 aromatic carbocycles. The van der Waals surface area contributed by atoms with Crippen LogP contribution in [-0.4, -0.2) is 60.9 Å². The second-order valence-electron chi connectivity index (χ2n) is 9.08. The summed E-state index contributed by atoms with van der Waals surface area (Å²) in [5, 5.41) is 56.3. The lowest BCUT2D eigenvalue weighted by atomic mass is 9.69. The number of ether oxygens (including phenoxy) is 1. The van der Waals surface area contributed by atoms with E-state index < -0.39 is 59.1 Å². The molecule has 6 N–H and O–H groups in total. The second-order valence-corrected chi connectivity index (χ2v) is 9.08. The fourth-order valence-electron chi connectivity index (χ4n) is 5.68. The van der Waals surface area contributed by atoms with Crippen LogP contribution in [-0.2, 0) is 16.9 Å². The number of aliphatic hydroxyl groups is 3. The van der Waals surface area contributed by atoms with Crippen molar-refractivity contribution >= 4 is 17.3 Å². The zero-order chi connectivity index (χ0) is 25.6. The molecule has 180 valence electrons. The number of hydrogen-bond acceptors (Lipinski definition) is 9. The maximum Gasteiger partial charge on any atom is 0.200 e. The van der Waals surface area contributed by atoms with Gasteiger partial charge in [0.2, 0.25) is 0 Å². The van der Waals surface area contributed by atoms with Crippen LogP contribution < -0.4 is 5.32 Å². The molecule has 2 aliphatic carbocycles. The minimum atomic E-state index is -1.68. The topological polar surface area (TPSA) is 160 Å². The van der Waals surface area contributed by atoms with E-state index >= 15 is 0 Å². The molecule has 4 aliphatic rings. The summed E-state index contributed by atoms with van der Waals surface area (Å²) in [4.78, 5) is 27.2. The van der Waals surface area contributed by atoms with Crippen molar-refractivity contribution in [1.29, 1.82) is 0 Å². The first-order chi connectivity index (χ1) is 17.2. The van der Waals surface area contributed by atoms with Gasteiger partial charge in [0.15, 0.2) is 28.9 Å². The summed E-state index contributed by atoms with van der Waals surface area (Å²) >= 11 is 0. The molecule has 9 heteroatoms. The zero-order valence-corrected chi connectivity index (χ0v) is 18.8. The van der Waals surface area contributed by atoms with Gasteiger partial charge in [-0.2, -0.15) is 0 Å². The van der Waals surface area contributed by atoms with E-state index in [1.54, 1.807) is 0 Å². The standard InChI is InChI=1S/C27H19NO8/c1-12(30)26-17-6-4-2-3-5-7-18(32)27(26,36-26)15-10-16(31)20-21(22(15)28-17)25(35)19-14(24(20)34)9-8-13(11-29)23(19)33/h2-3,8-10,12,17-18,28-33H,11H2,1H3/b3-2-/t12-,17+,18-,26+,27?/m1/s1. The predicted octanol–water partition coefficient (Wildman–Crippen LogP) is 0.442. The van der Waals surface area contributed by atoms with Crippen LogP contribution in [0.3, 0.4) is 0 Å². The highest BCUT2D eigenvalue weighted by Crippen LogP contribution is 2.67. The molecular formula is C27H19NO8. The number of rotatable bonds is 2. The third kappa shape index (κ3) is 2.45. The number of phenolic OH excluding ortho intramolecular Hbond substituents is 1. The third-order valence-corrected chi connectivity index (χ3v) is 7.35. The molecule has 2 bridgehead atoms. The zero-order valence-electron chi connectivity index (χ0n) is 18.8. The van der Waals surface area contributed by atoms with Crippen LogP contribution in [0.2, 0.25) is 0 Å². The number of phenols is 2. The number of epoxide rings is 1. The average molecular weight is 485 g/mol. The molecule has 2 aromatic rings. The number of aliphatic hydroxyl groups excluding tert-OH is 3. The Bertz CT molecular complexity index is 1570. The first kappa shape index (κ1) is 22.4. The SMILES string of the molecule is C[C@@H](O)[C@@]12OC13c1cc(O)c4c(c1N[C@H]2C#C/C=C\C#C[C@H]3O)C(=O)c1c(ccc(CO)c1O)C4=O. The van der Waals surface area contributed by atoms with Crippen LogP contribution >= 0.6 is 0 Å². The number of aromatic hydroxyl groups is 2. The molecule has 0 saturated carbocycles. The van der Waals surface area contributed by atoms with Crippen molar-refractivity contribution in [3.05, 3.63) is 63.7 Å². The molecule has 1 unspecified atom stereocenters. The van der Waals surface area contributed by atoms with Gasteiger partial charge in [0.25, 0.3) is 0 Å².